The summed E-state index contributed by atoms with van der Waals surface area (Å²) < 4.78 is 59.7. The molecule has 1 aromatic rings. The van der Waals surface area contributed by atoms with E-state index in [9.17, 15) is 16.8 Å². The summed E-state index contributed by atoms with van der Waals surface area (Å²) in [5.41, 5.74) is 0.339. The molecule has 0 saturated carbocycles. The maximum absolute atomic E-state index is 12.8. The van der Waals surface area contributed by atoms with Crippen LogP contribution in [0, 0.1) is 0 Å². The van der Waals surface area contributed by atoms with Crippen molar-refractivity contribution in [3.05, 3.63) is 17.8 Å². The van der Waals surface area contributed by atoms with Gasteiger partial charge < -0.3 is 9.47 Å². The van der Waals surface area contributed by atoms with E-state index in [1.807, 2.05) is 4.90 Å². The lowest BCUT2D eigenvalue weighted by molar-refractivity contribution is 0.112. The fourth-order valence-electron chi connectivity index (χ4n) is 2.38. The number of methoxy groups -OCH3 is 2. The summed E-state index contributed by atoms with van der Waals surface area (Å²) in [6.45, 7) is 3.07. The third-order valence-electron chi connectivity index (χ3n) is 3.81. The first-order chi connectivity index (χ1) is 12.2. The van der Waals surface area contributed by atoms with Crippen LogP contribution in [-0.4, -0.2) is 79.7 Å². The Kier molecular flexibility index (Phi) is 7.19. The van der Waals surface area contributed by atoms with E-state index in [0.717, 1.165) is 0 Å². The van der Waals surface area contributed by atoms with E-state index < -0.39 is 20.0 Å². The quantitative estimate of drug-likeness (QED) is 0.559. The summed E-state index contributed by atoms with van der Waals surface area (Å²) in [6.07, 6.45) is 3.03. The molecule has 0 radical (unpaired) electrons. The molecule has 1 aromatic heterocycles. The number of primary sulfonamides is 1. The maximum atomic E-state index is 12.8. The number of hydrogen-bond acceptors (Lipinski definition) is 8. The van der Waals surface area contributed by atoms with E-state index in [4.69, 9.17) is 14.6 Å². The first-order valence-electron chi connectivity index (χ1n) is 7.77. The summed E-state index contributed by atoms with van der Waals surface area (Å²) in [7, 11) is -4.54. The molecule has 1 aliphatic rings. The second kappa shape index (κ2) is 8.78. The predicted molar refractivity (Wildman–Crippen MR) is 98.8 cm³/mol. The van der Waals surface area contributed by atoms with E-state index in [2.05, 4.69) is 0 Å². The number of nitrogens with zero attached hydrogens (tertiary/aromatic N) is 2. The van der Waals surface area contributed by atoms with Crippen LogP contribution < -0.4 is 5.14 Å². The largest absolute Gasteiger partial charge is 0.383 e. The Labute approximate surface area is 158 Å². The van der Waals surface area contributed by atoms with Crippen LogP contribution in [0.2, 0.25) is 0 Å². The molecule has 9 nitrogen and oxygen atoms in total. The van der Waals surface area contributed by atoms with Gasteiger partial charge in [-0.05, 0) is 12.1 Å². The van der Waals surface area contributed by atoms with Crippen LogP contribution in [0.5, 0.6) is 0 Å². The summed E-state index contributed by atoms with van der Waals surface area (Å²) >= 11 is 0.668. The van der Waals surface area contributed by atoms with Gasteiger partial charge in [-0.2, -0.15) is 0 Å². The van der Waals surface area contributed by atoms with Crippen molar-refractivity contribution >= 4 is 37.5 Å². The van der Waals surface area contributed by atoms with E-state index in [1.54, 1.807) is 20.3 Å². The molecule has 0 aliphatic carbocycles. The molecule has 0 aromatic carbocycles. The average molecular weight is 426 g/mol. The Bertz CT molecular complexity index is 839. The summed E-state index contributed by atoms with van der Waals surface area (Å²) in [5, 5.41) is 5.10. The van der Waals surface area contributed by atoms with Gasteiger partial charge in [-0.1, -0.05) is 0 Å². The van der Waals surface area contributed by atoms with Crippen LogP contribution >= 0.6 is 11.3 Å². The molecule has 148 valence electrons. The Morgan fingerprint density at radius 1 is 1.19 bits per heavy atom. The Balaban J connectivity index is 2.13. The molecule has 0 atom stereocenters. The molecular weight excluding hydrogens is 402 g/mol. The minimum atomic E-state index is -3.95. The van der Waals surface area contributed by atoms with Gasteiger partial charge in [0.15, 0.2) is 0 Å². The van der Waals surface area contributed by atoms with Crippen molar-refractivity contribution in [2.75, 3.05) is 53.6 Å². The number of nitrogens with two attached hydrogens (primary N) is 1. The van der Waals surface area contributed by atoms with Crippen molar-refractivity contribution in [1.29, 1.82) is 0 Å². The molecular formula is C14H23N3O6S3. The predicted octanol–water partition coefficient (Wildman–Crippen LogP) is -0.0347. The van der Waals surface area contributed by atoms with E-state index in [-0.39, 0.29) is 15.0 Å². The first-order valence-corrected chi connectivity index (χ1v) is 11.6. The molecule has 1 aliphatic heterocycles. The zero-order valence-electron chi connectivity index (χ0n) is 14.6. The summed E-state index contributed by atoms with van der Waals surface area (Å²) in [4.78, 5) is 2.04. The molecule has 0 fully saturated rings. The molecule has 2 heterocycles. The van der Waals surface area contributed by atoms with Crippen LogP contribution in [0.25, 0.3) is 6.08 Å². The fourth-order valence-corrected chi connectivity index (χ4v) is 6.32. The maximum Gasteiger partial charge on any atom is 0.274 e. The minimum Gasteiger partial charge on any atom is -0.383 e. The van der Waals surface area contributed by atoms with Gasteiger partial charge >= 0.3 is 0 Å². The second-order valence-electron chi connectivity index (χ2n) is 5.61. The lowest BCUT2D eigenvalue weighted by atomic mass is 10.3. The highest BCUT2D eigenvalue weighted by Crippen LogP contribution is 2.35. The van der Waals surface area contributed by atoms with Gasteiger partial charge in [-0.15, -0.1) is 11.3 Å². The average Bonchev–Trinajstić information content (AvgIpc) is 3.01. The lowest BCUT2D eigenvalue weighted by Gasteiger charge is -2.27. The Morgan fingerprint density at radius 2 is 1.81 bits per heavy atom. The molecule has 2 N–H and O–H groups in total. The van der Waals surface area contributed by atoms with Crippen molar-refractivity contribution < 1.29 is 26.3 Å². The van der Waals surface area contributed by atoms with Crippen molar-refractivity contribution in [3.63, 3.8) is 0 Å². The molecule has 0 bridgehead atoms. The van der Waals surface area contributed by atoms with E-state index in [1.165, 1.54) is 16.6 Å². The summed E-state index contributed by atoms with van der Waals surface area (Å²) in [5.74, 6) is 0. The number of ether oxygens (including phenoxy) is 2. The van der Waals surface area contributed by atoms with Crippen LogP contribution in [0.1, 0.15) is 5.56 Å². The monoisotopic (exact) mass is 425 g/mol. The van der Waals surface area contributed by atoms with Crippen LogP contribution in [0.15, 0.2) is 20.7 Å². The van der Waals surface area contributed by atoms with Crippen LogP contribution in [0.4, 0.5) is 0 Å². The van der Waals surface area contributed by atoms with Crippen LogP contribution in [0.3, 0.4) is 0 Å². The van der Waals surface area contributed by atoms with Gasteiger partial charge in [0.1, 0.15) is 8.42 Å². The van der Waals surface area contributed by atoms with Gasteiger partial charge in [0, 0.05) is 52.2 Å². The van der Waals surface area contributed by atoms with Crippen molar-refractivity contribution in [3.8, 4) is 0 Å². The molecule has 0 amide bonds. The smallest absolute Gasteiger partial charge is 0.274 e. The van der Waals surface area contributed by atoms with Gasteiger partial charge in [0.25, 0.3) is 10.0 Å². The molecule has 26 heavy (non-hydrogen) atoms. The molecule has 12 heteroatoms. The standard InChI is InChI=1S/C14H23N3O6S3/c1-22-9-7-16(8-10-23-2)5-6-17-4-3-12-11-13(25(15,18)19)24-14(12)26(17,20)21/h3-4,11H,5-10H2,1-2H3,(H2,15,18,19). The second-order valence-corrected chi connectivity index (χ2v) is 10.5. The highest BCUT2D eigenvalue weighted by Gasteiger charge is 2.31. The van der Waals surface area contributed by atoms with Gasteiger partial charge in [-0.25, -0.2) is 22.0 Å². The number of fused-ring (bicyclic) bond motifs is 1. The number of hydrogen-bond donors (Lipinski definition) is 1. The lowest BCUT2D eigenvalue weighted by Crippen LogP contribution is -2.39. The van der Waals surface area contributed by atoms with Gasteiger partial charge in [0.05, 0.1) is 13.2 Å². The fraction of sp³-hybridized carbons (Fsp3) is 0.571. The van der Waals surface area contributed by atoms with Crippen LogP contribution in [-0.2, 0) is 29.5 Å². The third-order valence-corrected chi connectivity index (χ3v) is 8.68. The highest BCUT2D eigenvalue weighted by atomic mass is 32.3. The number of thiophene rings is 1. The topological polar surface area (TPSA) is 119 Å². The zero-order valence-corrected chi connectivity index (χ0v) is 17.1. The Morgan fingerprint density at radius 3 is 2.35 bits per heavy atom. The zero-order chi connectivity index (χ0) is 19.4. The molecule has 0 saturated heterocycles. The normalized spacial score (nSPS) is 16.2. The van der Waals surface area contributed by atoms with Gasteiger partial charge in [0.2, 0.25) is 10.0 Å². The molecule has 2 rings (SSSR count). The van der Waals surface area contributed by atoms with E-state index >= 15 is 0 Å². The van der Waals surface area contributed by atoms with Crippen molar-refractivity contribution in [2.24, 2.45) is 5.14 Å². The molecule has 0 unspecified atom stereocenters. The summed E-state index contributed by atoms with van der Waals surface area (Å²) in [6, 6.07) is 1.28. The SMILES string of the molecule is COCCN(CCOC)CCN1C=Cc2cc(S(N)(=O)=O)sc2S1(=O)=O. The van der Waals surface area contributed by atoms with Crippen molar-refractivity contribution in [2.45, 2.75) is 8.42 Å². The number of rotatable bonds is 10. The third kappa shape index (κ3) is 5.03. The molecule has 0 spiro atoms. The van der Waals surface area contributed by atoms with Crippen molar-refractivity contribution in [1.82, 2.24) is 9.21 Å². The van der Waals surface area contributed by atoms with E-state index in [0.29, 0.717) is 49.7 Å². The number of sulfonamides is 2. The first kappa shape index (κ1) is 21.3. The Hall–Kier alpha value is -1.02. The van der Waals surface area contributed by atoms with Gasteiger partial charge in [-0.3, -0.25) is 9.21 Å². The highest BCUT2D eigenvalue weighted by molar-refractivity contribution is 7.94. The minimum absolute atomic E-state index is 0.00985.